The number of nitrogens with zero attached hydrogens (tertiary/aromatic N) is 3. The second-order valence-corrected chi connectivity index (χ2v) is 5.39. The third-order valence-corrected chi connectivity index (χ3v) is 3.72. The highest BCUT2D eigenvalue weighted by Crippen LogP contribution is 2.37. The zero-order chi connectivity index (χ0) is 12.7. The van der Waals surface area contributed by atoms with Gasteiger partial charge in [0.1, 0.15) is 5.82 Å². The molecule has 1 aromatic heterocycles. The fourth-order valence-corrected chi connectivity index (χ4v) is 2.56. The van der Waals surface area contributed by atoms with Crippen LogP contribution in [0.2, 0.25) is 0 Å². The normalized spacial score (nSPS) is 28.4. The number of hydrogen-bond donors (Lipinski definition) is 2. The molecule has 0 spiro atoms. The highest BCUT2D eigenvalue weighted by Gasteiger charge is 2.33. The zero-order valence-electron chi connectivity index (χ0n) is 10.8. The molecule has 18 heavy (non-hydrogen) atoms. The van der Waals surface area contributed by atoms with Gasteiger partial charge < -0.3 is 10.2 Å². The standard InChI is InChI=1S/C12H19N5O/c1-7-5-13-6-8(2)17(7)12(18)11-14-10(15-16-11)9-3-4-9/h7-9,13H,3-6H2,1-2H3,(H,14,15,16). The molecule has 2 atom stereocenters. The molecule has 2 heterocycles. The molecule has 6 heteroatoms. The number of rotatable bonds is 2. The van der Waals surface area contributed by atoms with Gasteiger partial charge in [0.15, 0.2) is 0 Å². The third kappa shape index (κ3) is 2.01. The molecule has 1 amide bonds. The van der Waals surface area contributed by atoms with Crippen LogP contribution in [-0.2, 0) is 0 Å². The van der Waals surface area contributed by atoms with E-state index in [9.17, 15) is 4.79 Å². The van der Waals surface area contributed by atoms with Crippen molar-refractivity contribution in [1.29, 1.82) is 0 Å². The first-order chi connectivity index (χ1) is 8.66. The summed E-state index contributed by atoms with van der Waals surface area (Å²) in [4.78, 5) is 18.7. The zero-order valence-corrected chi connectivity index (χ0v) is 10.8. The van der Waals surface area contributed by atoms with Crippen LogP contribution in [0.5, 0.6) is 0 Å². The maximum atomic E-state index is 12.4. The number of amides is 1. The summed E-state index contributed by atoms with van der Waals surface area (Å²) >= 11 is 0. The molecule has 1 saturated carbocycles. The quantitative estimate of drug-likeness (QED) is 0.800. The lowest BCUT2D eigenvalue weighted by molar-refractivity contribution is 0.0532. The van der Waals surface area contributed by atoms with Crippen LogP contribution < -0.4 is 5.32 Å². The van der Waals surface area contributed by atoms with Crippen molar-refractivity contribution >= 4 is 5.91 Å². The predicted octanol–water partition coefficient (Wildman–Crippen LogP) is 0.504. The van der Waals surface area contributed by atoms with Gasteiger partial charge in [0.2, 0.25) is 5.82 Å². The lowest BCUT2D eigenvalue weighted by Gasteiger charge is -2.38. The Morgan fingerprint density at radius 1 is 1.28 bits per heavy atom. The molecule has 3 rings (SSSR count). The van der Waals surface area contributed by atoms with E-state index < -0.39 is 0 Å². The van der Waals surface area contributed by atoms with Gasteiger partial charge in [-0.3, -0.25) is 9.89 Å². The fraction of sp³-hybridized carbons (Fsp3) is 0.750. The summed E-state index contributed by atoms with van der Waals surface area (Å²) in [5.41, 5.74) is 0. The maximum absolute atomic E-state index is 12.4. The van der Waals surface area contributed by atoms with Crippen LogP contribution in [0.1, 0.15) is 49.1 Å². The summed E-state index contributed by atoms with van der Waals surface area (Å²) in [6.45, 7) is 5.76. The van der Waals surface area contributed by atoms with E-state index in [1.54, 1.807) is 0 Å². The number of H-pyrrole nitrogens is 1. The minimum absolute atomic E-state index is 0.0559. The molecular formula is C12H19N5O. The fourth-order valence-electron chi connectivity index (χ4n) is 2.56. The second kappa shape index (κ2) is 4.35. The first-order valence-corrected chi connectivity index (χ1v) is 6.62. The Morgan fingerprint density at radius 3 is 2.56 bits per heavy atom. The van der Waals surface area contributed by atoms with E-state index >= 15 is 0 Å². The SMILES string of the molecule is CC1CNCC(C)N1C(=O)c1n[nH]c(C2CC2)n1. The van der Waals surface area contributed by atoms with Crippen molar-refractivity contribution in [2.75, 3.05) is 13.1 Å². The van der Waals surface area contributed by atoms with Crippen LogP contribution in [0.4, 0.5) is 0 Å². The van der Waals surface area contributed by atoms with Crippen LogP contribution >= 0.6 is 0 Å². The summed E-state index contributed by atoms with van der Waals surface area (Å²) < 4.78 is 0. The second-order valence-electron chi connectivity index (χ2n) is 5.39. The van der Waals surface area contributed by atoms with Crippen molar-refractivity contribution in [3.63, 3.8) is 0 Å². The predicted molar refractivity (Wildman–Crippen MR) is 66.3 cm³/mol. The maximum Gasteiger partial charge on any atom is 0.294 e. The molecule has 6 nitrogen and oxygen atoms in total. The molecule has 1 aliphatic heterocycles. The summed E-state index contributed by atoms with van der Waals surface area (Å²) in [5, 5.41) is 10.3. The first-order valence-electron chi connectivity index (χ1n) is 6.62. The van der Waals surface area contributed by atoms with Crippen LogP contribution in [0.3, 0.4) is 0 Å². The van der Waals surface area contributed by atoms with Crippen molar-refractivity contribution in [3.8, 4) is 0 Å². The number of aromatic amines is 1. The van der Waals surface area contributed by atoms with E-state index in [2.05, 4.69) is 34.3 Å². The largest absolute Gasteiger partial charge is 0.328 e. The molecule has 0 radical (unpaired) electrons. The van der Waals surface area contributed by atoms with E-state index in [4.69, 9.17) is 0 Å². The van der Waals surface area contributed by atoms with Crippen LogP contribution in [-0.4, -0.2) is 51.2 Å². The van der Waals surface area contributed by atoms with Gasteiger partial charge in [-0.05, 0) is 26.7 Å². The Hall–Kier alpha value is -1.43. The van der Waals surface area contributed by atoms with Crippen molar-refractivity contribution in [2.45, 2.75) is 44.7 Å². The summed E-state index contributed by atoms with van der Waals surface area (Å²) in [6.07, 6.45) is 2.31. The molecule has 2 fully saturated rings. The van der Waals surface area contributed by atoms with Gasteiger partial charge in [-0.1, -0.05) is 0 Å². The number of carbonyl (C=O) groups excluding carboxylic acids is 1. The Morgan fingerprint density at radius 2 is 1.94 bits per heavy atom. The van der Waals surface area contributed by atoms with Gasteiger partial charge in [-0.2, -0.15) is 0 Å². The smallest absolute Gasteiger partial charge is 0.294 e. The Bertz CT molecular complexity index is 443. The van der Waals surface area contributed by atoms with Gasteiger partial charge in [-0.25, -0.2) is 4.98 Å². The minimum atomic E-state index is -0.0559. The molecule has 1 aliphatic carbocycles. The molecule has 98 valence electrons. The van der Waals surface area contributed by atoms with Gasteiger partial charge in [0.25, 0.3) is 5.91 Å². The van der Waals surface area contributed by atoms with Crippen molar-refractivity contribution < 1.29 is 4.79 Å². The molecule has 0 bridgehead atoms. The van der Waals surface area contributed by atoms with E-state index in [0.717, 1.165) is 31.8 Å². The van der Waals surface area contributed by atoms with E-state index in [0.29, 0.717) is 11.7 Å². The van der Waals surface area contributed by atoms with Gasteiger partial charge in [-0.15, -0.1) is 5.10 Å². The van der Waals surface area contributed by atoms with Gasteiger partial charge in [0.05, 0.1) is 0 Å². The monoisotopic (exact) mass is 249 g/mol. The summed E-state index contributed by atoms with van der Waals surface area (Å²) in [7, 11) is 0. The van der Waals surface area contributed by atoms with Crippen LogP contribution in [0, 0.1) is 0 Å². The van der Waals surface area contributed by atoms with E-state index in [1.807, 2.05) is 4.90 Å². The average Bonchev–Trinajstić information content (AvgIpc) is 3.07. The topological polar surface area (TPSA) is 73.9 Å². The lowest BCUT2D eigenvalue weighted by atomic mass is 10.1. The third-order valence-electron chi connectivity index (χ3n) is 3.72. The van der Waals surface area contributed by atoms with Crippen molar-refractivity contribution in [2.24, 2.45) is 0 Å². The highest BCUT2D eigenvalue weighted by atomic mass is 16.2. The molecular weight excluding hydrogens is 230 g/mol. The number of hydrogen-bond acceptors (Lipinski definition) is 4. The van der Waals surface area contributed by atoms with Crippen molar-refractivity contribution in [1.82, 2.24) is 25.4 Å². The van der Waals surface area contributed by atoms with E-state index in [-0.39, 0.29) is 18.0 Å². The summed E-state index contributed by atoms with van der Waals surface area (Å²) in [6, 6.07) is 0.369. The molecule has 1 aromatic rings. The molecule has 2 N–H and O–H groups in total. The van der Waals surface area contributed by atoms with E-state index in [1.165, 1.54) is 0 Å². The molecule has 2 unspecified atom stereocenters. The number of nitrogens with one attached hydrogen (secondary N) is 2. The van der Waals surface area contributed by atoms with Crippen molar-refractivity contribution in [3.05, 3.63) is 11.6 Å². The minimum Gasteiger partial charge on any atom is -0.328 e. The van der Waals surface area contributed by atoms with Crippen LogP contribution in [0.25, 0.3) is 0 Å². The first kappa shape index (κ1) is 11.6. The number of piperazine rings is 1. The number of carbonyl (C=O) groups is 1. The lowest BCUT2D eigenvalue weighted by Crippen LogP contribution is -2.57. The molecule has 1 saturated heterocycles. The molecule has 2 aliphatic rings. The van der Waals surface area contributed by atoms with Crippen LogP contribution in [0.15, 0.2) is 0 Å². The highest BCUT2D eigenvalue weighted by molar-refractivity contribution is 5.91. The number of aromatic nitrogens is 3. The molecule has 0 aromatic carbocycles. The Labute approximate surface area is 106 Å². The Kier molecular flexibility index (Phi) is 2.81. The van der Waals surface area contributed by atoms with Gasteiger partial charge in [0, 0.05) is 31.1 Å². The summed E-state index contributed by atoms with van der Waals surface area (Å²) in [5.74, 6) is 1.63. The Balaban J connectivity index is 1.79. The van der Waals surface area contributed by atoms with Gasteiger partial charge >= 0.3 is 0 Å². The average molecular weight is 249 g/mol.